The summed E-state index contributed by atoms with van der Waals surface area (Å²) < 4.78 is 13.1. The molecule has 1 aromatic heterocycles. The predicted octanol–water partition coefficient (Wildman–Crippen LogP) is 1.87. The standard InChI is InChI=1S/C6H6BrFN2/c1-3-6(8)4(7)2-5(9)10-3/h2H,1H3,(H2,9,10). The second-order valence-electron chi connectivity index (χ2n) is 1.93. The third kappa shape index (κ3) is 1.26. The van der Waals surface area contributed by atoms with Gasteiger partial charge in [0.2, 0.25) is 0 Å². The van der Waals surface area contributed by atoms with E-state index >= 15 is 0 Å². The fraction of sp³-hybridized carbons (Fsp3) is 0.167. The zero-order valence-corrected chi connectivity index (χ0v) is 6.94. The Balaban J connectivity index is 3.31. The minimum atomic E-state index is -0.353. The summed E-state index contributed by atoms with van der Waals surface area (Å²) in [6.45, 7) is 1.57. The van der Waals surface area contributed by atoms with Crippen molar-refractivity contribution in [3.63, 3.8) is 0 Å². The van der Waals surface area contributed by atoms with Crippen LogP contribution in [0, 0.1) is 12.7 Å². The molecular weight excluding hydrogens is 199 g/mol. The van der Waals surface area contributed by atoms with E-state index in [0.29, 0.717) is 16.0 Å². The minimum absolute atomic E-state index is 0.312. The number of halogens is 2. The summed E-state index contributed by atoms with van der Waals surface area (Å²) >= 11 is 3.00. The molecule has 4 heteroatoms. The number of rotatable bonds is 0. The first-order valence-electron chi connectivity index (χ1n) is 2.69. The number of hydrogen-bond donors (Lipinski definition) is 1. The van der Waals surface area contributed by atoms with Gasteiger partial charge in [0.15, 0.2) is 5.82 Å². The molecule has 0 spiro atoms. The molecule has 2 N–H and O–H groups in total. The smallest absolute Gasteiger partial charge is 0.158 e. The predicted molar refractivity (Wildman–Crippen MR) is 41.0 cm³/mol. The molecule has 0 fully saturated rings. The Kier molecular flexibility index (Phi) is 1.89. The van der Waals surface area contributed by atoms with Gasteiger partial charge >= 0.3 is 0 Å². The highest BCUT2D eigenvalue weighted by atomic mass is 79.9. The zero-order chi connectivity index (χ0) is 7.72. The zero-order valence-electron chi connectivity index (χ0n) is 5.36. The number of nitrogens with zero attached hydrogens (tertiary/aromatic N) is 1. The molecule has 2 nitrogen and oxygen atoms in total. The van der Waals surface area contributed by atoms with E-state index < -0.39 is 0 Å². The normalized spacial score (nSPS) is 9.90. The summed E-state index contributed by atoms with van der Waals surface area (Å²) in [5.74, 6) is -0.0278. The molecule has 1 aromatic rings. The van der Waals surface area contributed by atoms with Crippen LogP contribution in [0.2, 0.25) is 0 Å². The van der Waals surface area contributed by atoms with Crippen LogP contribution in [-0.4, -0.2) is 4.98 Å². The van der Waals surface area contributed by atoms with Crippen molar-refractivity contribution in [1.82, 2.24) is 4.98 Å². The molecule has 0 aliphatic rings. The molecule has 0 radical (unpaired) electrons. The summed E-state index contributed by atoms with van der Waals surface area (Å²) in [6, 6.07) is 1.43. The fourth-order valence-electron chi connectivity index (χ4n) is 0.641. The van der Waals surface area contributed by atoms with Crippen molar-refractivity contribution in [3.8, 4) is 0 Å². The third-order valence-corrected chi connectivity index (χ3v) is 1.68. The molecule has 0 aliphatic carbocycles. The van der Waals surface area contributed by atoms with E-state index in [1.54, 1.807) is 6.92 Å². The van der Waals surface area contributed by atoms with Gasteiger partial charge in [0.1, 0.15) is 5.82 Å². The van der Waals surface area contributed by atoms with Gasteiger partial charge in [-0.05, 0) is 28.9 Å². The molecule has 0 unspecified atom stereocenters. The largest absolute Gasteiger partial charge is 0.384 e. The van der Waals surface area contributed by atoms with Gasteiger partial charge in [-0.2, -0.15) is 0 Å². The topological polar surface area (TPSA) is 38.9 Å². The third-order valence-electron chi connectivity index (χ3n) is 1.10. The van der Waals surface area contributed by atoms with Gasteiger partial charge < -0.3 is 5.73 Å². The van der Waals surface area contributed by atoms with Gasteiger partial charge in [0, 0.05) is 0 Å². The van der Waals surface area contributed by atoms with Gasteiger partial charge in [-0.15, -0.1) is 0 Å². The Morgan fingerprint density at radius 3 is 2.80 bits per heavy atom. The summed E-state index contributed by atoms with van der Waals surface area (Å²) in [6.07, 6.45) is 0. The number of nitrogens with two attached hydrogens (primary N) is 1. The number of nitrogen functional groups attached to an aromatic ring is 1. The van der Waals surface area contributed by atoms with Crippen LogP contribution >= 0.6 is 15.9 Å². The lowest BCUT2D eigenvalue weighted by molar-refractivity contribution is 0.603. The minimum Gasteiger partial charge on any atom is -0.384 e. The van der Waals surface area contributed by atoms with Gasteiger partial charge in [-0.25, -0.2) is 9.37 Å². The Hall–Kier alpha value is -0.640. The Morgan fingerprint density at radius 1 is 1.70 bits per heavy atom. The molecule has 0 aliphatic heterocycles. The van der Waals surface area contributed by atoms with Crippen molar-refractivity contribution in [3.05, 3.63) is 22.1 Å². The first kappa shape index (κ1) is 7.47. The monoisotopic (exact) mass is 204 g/mol. The number of pyridine rings is 1. The van der Waals surface area contributed by atoms with Crippen LogP contribution in [0.3, 0.4) is 0 Å². The van der Waals surface area contributed by atoms with Crippen LogP contribution < -0.4 is 5.73 Å². The molecule has 0 aromatic carbocycles. The van der Waals surface area contributed by atoms with E-state index in [1.165, 1.54) is 6.07 Å². The van der Waals surface area contributed by atoms with Gasteiger partial charge in [0.05, 0.1) is 10.2 Å². The summed E-state index contributed by atoms with van der Waals surface area (Å²) in [5, 5.41) is 0. The molecule has 10 heavy (non-hydrogen) atoms. The lowest BCUT2D eigenvalue weighted by Crippen LogP contribution is -1.95. The van der Waals surface area contributed by atoms with E-state index in [-0.39, 0.29) is 5.82 Å². The van der Waals surface area contributed by atoms with E-state index in [1.807, 2.05) is 0 Å². The first-order chi connectivity index (χ1) is 4.61. The molecule has 1 heterocycles. The number of anilines is 1. The highest BCUT2D eigenvalue weighted by molar-refractivity contribution is 9.10. The van der Waals surface area contributed by atoms with Crippen LogP contribution in [0.15, 0.2) is 10.5 Å². The maximum atomic E-state index is 12.7. The van der Waals surface area contributed by atoms with Crippen LogP contribution in [0.25, 0.3) is 0 Å². The van der Waals surface area contributed by atoms with Crippen molar-refractivity contribution in [2.45, 2.75) is 6.92 Å². The van der Waals surface area contributed by atoms with E-state index in [0.717, 1.165) is 0 Å². The maximum Gasteiger partial charge on any atom is 0.158 e. The molecular formula is C6H6BrFN2. The lowest BCUT2D eigenvalue weighted by Gasteiger charge is -1.98. The summed E-state index contributed by atoms with van der Waals surface area (Å²) in [5.41, 5.74) is 5.63. The van der Waals surface area contributed by atoms with Crippen LogP contribution in [0.5, 0.6) is 0 Å². The van der Waals surface area contributed by atoms with Crippen molar-refractivity contribution >= 4 is 21.7 Å². The molecule has 54 valence electrons. The summed E-state index contributed by atoms with van der Waals surface area (Å²) in [7, 11) is 0. The molecule has 0 bridgehead atoms. The average Bonchev–Trinajstić information content (AvgIpc) is 1.82. The van der Waals surface area contributed by atoms with Crippen molar-refractivity contribution < 1.29 is 4.39 Å². The van der Waals surface area contributed by atoms with E-state index in [4.69, 9.17) is 5.73 Å². The SMILES string of the molecule is Cc1nc(N)cc(Br)c1F. The quantitative estimate of drug-likeness (QED) is 0.702. The summed E-state index contributed by atoms with van der Waals surface area (Å²) in [4.78, 5) is 3.71. The Bertz CT molecular complexity index is 239. The van der Waals surface area contributed by atoms with Gasteiger partial charge in [0.25, 0.3) is 0 Å². The molecule has 0 saturated carbocycles. The van der Waals surface area contributed by atoms with Crippen LogP contribution in [0.1, 0.15) is 5.69 Å². The van der Waals surface area contributed by atoms with Crippen LogP contribution in [0.4, 0.5) is 10.2 Å². The number of hydrogen-bond acceptors (Lipinski definition) is 2. The Morgan fingerprint density at radius 2 is 2.30 bits per heavy atom. The Labute approximate surface area is 66.4 Å². The van der Waals surface area contributed by atoms with Crippen molar-refractivity contribution in [2.24, 2.45) is 0 Å². The molecule has 0 atom stereocenters. The van der Waals surface area contributed by atoms with Crippen molar-refractivity contribution in [1.29, 1.82) is 0 Å². The molecule has 0 amide bonds. The van der Waals surface area contributed by atoms with Gasteiger partial charge in [-0.1, -0.05) is 0 Å². The highest BCUT2D eigenvalue weighted by Gasteiger charge is 2.03. The van der Waals surface area contributed by atoms with E-state index in [9.17, 15) is 4.39 Å². The molecule has 1 rings (SSSR count). The molecule has 0 saturated heterocycles. The van der Waals surface area contributed by atoms with Gasteiger partial charge in [-0.3, -0.25) is 0 Å². The highest BCUT2D eigenvalue weighted by Crippen LogP contribution is 2.18. The lowest BCUT2D eigenvalue weighted by atomic mass is 10.3. The maximum absolute atomic E-state index is 12.7. The second kappa shape index (κ2) is 2.54. The second-order valence-corrected chi connectivity index (χ2v) is 2.78. The van der Waals surface area contributed by atoms with E-state index in [2.05, 4.69) is 20.9 Å². The van der Waals surface area contributed by atoms with Crippen LogP contribution in [-0.2, 0) is 0 Å². The first-order valence-corrected chi connectivity index (χ1v) is 3.48. The number of aromatic nitrogens is 1. The average molecular weight is 205 g/mol. The fourth-order valence-corrected chi connectivity index (χ4v) is 1.16. The van der Waals surface area contributed by atoms with Crippen molar-refractivity contribution in [2.75, 3.05) is 5.73 Å². The number of aryl methyl sites for hydroxylation is 1.